The smallest absolute Gasteiger partial charge is 0.137 e. The van der Waals surface area contributed by atoms with Gasteiger partial charge < -0.3 is 0 Å². The van der Waals surface area contributed by atoms with Gasteiger partial charge in [0, 0.05) is 9.75 Å². The molecule has 0 fully saturated rings. The van der Waals surface area contributed by atoms with Gasteiger partial charge in [0.15, 0.2) is 0 Å². The number of rotatable bonds is 2. The van der Waals surface area contributed by atoms with Crippen molar-refractivity contribution in [3.8, 4) is 0 Å². The van der Waals surface area contributed by atoms with E-state index in [0.29, 0.717) is 4.47 Å². The van der Waals surface area contributed by atoms with Gasteiger partial charge in [-0.3, -0.25) is 0 Å². The molecule has 1 atom stereocenters. The molecular formula is C14H11Br2FS. The predicted octanol–water partition coefficient (Wildman–Crippen LogP) is 5.62. The van der Waals surface area contributed by atoms with Crippen LogP contribution in [0.5, 0.6) is 0 Å². The highest BCUT2D eigenvalue weighted by molar-refractivity contribution is 9.10. The summed E-state index contributed by atoms with van der Waals surface area (Å²) in [5.41, 5.74) is 2.59. The van der Waals surface area contributed by atoms with Crippen LogP contribution in [-0.4, -0.2) is 0 Å². The number of thiophene rings is 1. The van der Waals surface area contributed by atoms with Crippen molar-refractivity contribution in [2.45, 2.75) is 24.1 Å². The second kappa shape index (κ2) is 5.06. The number of alkyl halides is 1. The van der Waals surface area contributed by atoms with Gasteiger partial charge in [0.2, 0.25) is 0 Å². The van der Waals surface area contributed by atoms with Gasteiger partial charge in [-0.05, 0) is 64.5 Å². The van der Waals surface area contributed by atoms with Crippen LogP contribution in [0.3, 0.4) is 0 Å². The van der Waals surface area contributed by atoms with Gasteiger partial charge in [0.25, 0.3) is 0 Å². The quantitative estimate of drug-likeness (QED) is 0.584. The minimum atomic E-state index is -0.216. The lowest BCUT2D eigenvalue weighted by Crippen LogP contribution is -1.91. The van der Waals surface area contributed by atoms with Crippen molar-refractivity contribution in [3.05, 3.63) is 55.4 Å². The number of fused-ring (bicyclic) bond motifs is 1. The summed E-state index contributed by atoms with van der Waals surface area (Å²) in [6.07, 6.45) is 3.71. The third-order valence-electron chi connectivity index (χ3n) is 3.25. The van der Waals surface area contributed by atoms with E-state index in [1.165, 1.54) is 40.6 Å². The van der Waals surface area contributed by atoms with Crippen LogP contribution in [0.1, 0.15) is 32.1 Å². The van der Waals surface area contributed by atoms with Crippen LogP contribution < -0.4 is 0 Å². The average molecular weight is 390 g/mol. The molecule has 0 bridgehead atoms. The van der Waals surface area contributed by atoms with Crippen molar-refractivity contribution in [2.75, 3.05) is 0 Å². The lowest BCUT2D eigenvalue weighted by atomic mass is 10.1. The monoisotopic (exact) mass is 388 g/mol. The number of hydrogen-bond acceptors (Lipinski definition) is 1. The Balaban J connectivity index is 1.93. The molecule has 2 aromatic rings. The van der Waals surface area contributed by atoms with Crippen molar-refractivity contribution >= 4 is 43.2 Å². The van der Waals surface area contributed by atoms with E-state index in [1.54, 1.807) is 0 Å². The predicted molar refractivity (Wildman–Crippen MR) is 81.2 cm³/mol. The van der Waals surface area contributed by atoms with E-state index in [1.807, 2.05) is 23.5 Å². The highest BCUT2D eigenvalue weighted by Gasteiger charge is 2.20. The summed E-state index contributed by atoms with van der Waals surface area (Å²) in [5, 5.41) is 0. The molecule has 1 heterocycles. The van der Waals surface area contributed by atoms with E-state index < -0.39 is 0 Å². The highest BCUT2D eigenvalue weighted by atomic mass is 79.9. The molecule has 1 aliphatic rings. The highest BCUT2D eigenvalue weighted by Crippen LogP contribution is 2.40. The Morgan fingerprint density at radius 1 is 1.22 bits per heavy atom. The molecule has 1 unspecified atom stereocenters. The van der Waals surface area contributed by atoms with Crippen molar-refractivity contribution in [3.63, 3.8) is 0 Å². The van der Waals surface area contributed by atoms with Gasteiger partial charge >= 0.3 is 0 Å². The summed E-state index contributed by atoms with van der Waals surface area (Å²) >= 11 is 8.84. The van der Waals surface area contributed by atoms with Crippen molar-refractivity contribution in [2.24, 2.45) is 0 Å². The van der Waals surface area contributed by atoms with Crippen molar-refractivity contribution in [1.82, 2.24) is 0 Å². The Kier molecular flexibility index (Phi) is 3.61. The molecule has 0 nitrogen and oxygen atoms in total. The molecule has 0 radical (unpaired) electrons. The third-order valence-corrected chi connectivity index (χ3v) is 6.49. The maximum Gasteiger partial charge on any atom is 0.137 e. The van der Waals surface area contributed by atoms with Crippen LogP contribution in [0.2, 0.25) is 0 Å². The van der Waals surface area contributed by atoms with E-state index in [4.69, 9.17) is 0 Å². The van der Waals surface area contributed by atoms with Gasteiger partial charge in [-0.2, -0.15) is 0 Å². The first-order chi connectivity index (χ1) is 8.65. The lowest BCUT2D eigenvalue weighted by Gasteiger charge is -2.09. The number of aryl methyl sites for hydroxylation is 2. The van der Waals surface area contributed by atoms with Gasteiger partial charge in [-0.1, -0.05) is 22.0 Å². The number of halogens is 3. The fourth-order valence-corrected chi connectivity index (χ4v) is 4.67. The first-order valence-electron chi connectivity index (χ1n) is 5.85. The summed E-state index contributed by atoms with van der Waals surface area (Å²) in [6.45, 7) is 0. The van der Waals surface area contributed by atoms with Gasteiger partial charge in [0.1, 0.15) is 5.82 Å². The molecular weight excluding hydrogens is 379 g/mol. The Hall–Kier alpha value is -0.190. The Morgan fingerprint density at radius 2 is 2.06 bits per heavy atom. The Labute approximate surface area is 126 Å². The number of hydrogen-bond donors (Lipinski definition) is 0. The largest absolute Gasteiger partial charge is 0.206 e. The first-order valence-corrected chi connectivity index (χ1v) is 8.38. The van der Waals surface area contributed by atoms with E-state index in [9.17, 15) is 4.39 Å². The van der Waals surface area contributed by atoms with Crippen molar-refractivity contribution < 1.29 is 4.39 Å². The van der Waals surface area contributed by atoms with Crippen LogP contribution in [0.15, 0.2) is 28.7 Å². The summed E-state index contributed by atoms with van der Waals surface area (Å²) in [7, 11) is 0. The fourth-order valence-electron chi connectivity index (χ4n) is 2.31. The zero-order valence-corrected chi connectivity index (χ0v) is 13.5. The molecule has 18 heavy (non-hydrogen) atoms. The molecule has 1 aliphatic carbocycles. The Morgan fingerprint density at radius 3 is 2.78 bits per heavy atom. The van der Waals surface area contributed by atoms with Crippen LogP contribution >= 0.6 is 43.2 Å². The van der Waals surface area contributed by atoms with Gasteiger partial charge in [0.05, 0.1) is 9.30 Å². The van der Waals surface area contributed by atoms with Crippen LogP contribution in [0, 0.1) is 5.82 Å². The molecule has 0 N–H and O–H groups in total. The standard InChI is InChI=1S/C14H11Br2FS/c15-10-6-9(4-5-11(10)17)14(16)13-7-8-2-1-3-12(8)18-13/h4-7,14H,1-3H2. The van der Waals surface area contributed by atoms with Gasteiger partial charge in [-0.25, -0.2) is 4.39 Å². The third kappa shape index (κ3) is 2.30. The zero-order chi connectivity index (χ0) is 12.7. The topological polar surface area (TPSA) is 0 Å². The van der Waals surface area contributed by atoms with Crippen LogP contribution in [-0.2, 0) is 12.8 Å². The number of benzene rings is 1. The minimum Gasteiger partial charge on any atom is -0.206 e. The van der Waals surface area contributed by atoms with E-state index in [2.05, 4.69) is 37.9 Å². The van der Waals surface area contributed by atoms with Crippen LogP contribution in [0.25, 0.3) is 0 Å². The molecule has 4 heteroatoms. The normalized spacial score (nSPS) is 15.7. The second-order valence-electron chi connectivity index (χ2n) is 4.49. The maximum absolute atomic E-state index is 13.2. The second-order valence-corrected chi connectivity index (χ2v) is 7.43. The van der Waals surface area contributed by atoms with Gasteiger partial charge in [-0.15, -0.1) is 11.3 Å². The summed E-state index contributed by atoms with van der Waals surface area (Å²) in [6, 6.07) is 7.49. The zero-order valence-electron chi connectivity index (χ0n) is 9.55. The molecule has 0 spiro atoms. The summed E-state index contributed by atoms with van der Waals surface area (Å²) in [5.74, 6) is -0.216. The molecule has 0 aliphatic heterocycles. The van der Waals surface area contributed by atoms with E-state index in [-0.39, 0.29) is 10.6 Å². The van der Waals surface area contributed by atoms with E-state index >= 15 is 0 Å². The summed E-state index contributed by atoms with van der Waals surface area (Å²) < 4.78 is 13.8. The fraction of sp³-hybridized carbons (Fsp3) is 0.286. The molecule has 1 aromatic heterocycles. The maximum atomic E-state index is 13.2. The molecule has 1 aromatic carbocycles. The van der Waals surface area contributed by atoms with E-state index in [0.717, 1.165) is 5.56 Å². The SMILES string of the molecule is Fc1ccc(C(Br)c2cc3c(s2)CCC3)cc1Br. The molecule has 94 valence electrons. The van der Waals surface area contributed by atoms with Crippen LogP contribution in [0.4, 0.5) is 4.39 Å². The average Bonchev–Trinajstić information content (AvgIpc) is 2.92. The molecule has 0 saturated carbocycles. The first kappa shape index (κ1) is 12.8. The Bertz CT molecular complexity index is 570. The molecule has 0 amide bonds. The molecule has 0 saturated heterocycles. The van der Waals surface area contributed by atoms with Crippen molar-refractivity contribution in [1.29, 1.82) is 0 Å². The molecule has 3 rings (SSSR count). The lowest BCUT2D eigenvalue weighted by molar-refractivity contribution is 0.620. The minimum absolute atomic E-state index is 0.157. The summed E-state index contributed by atoms with van der Waals surface area (Å²) in [4.78, 5) is 3.00.